The predicted octanol–water partition coefficient (Wildman–Crippen LogP) is 2.65. The average Bonchev–Trinajstić information content (AvgIpc) is 3.27. The SMILES string of the molecule is COC(=O)Cn1cc(C=C2NC(=O)N(CC(=O)Nc3ccc(C)cc3)C2=O)c2ccccc21. The predicted molar refractivity (Wildman–Crippen MR) is 122 cm³/mol. The number of nitrogens with zero attached hydrogens (tertiary/aromatic N) is 2. The molecule has 168 valence electrons. The number of methoxy groups -OCH3 is 1. The summed E-state index contributed by atoms with van der Waals surface area (Å²) in [6.45, 7) is 1.52. The molecule has 0 spiro atoms. The van der Waals surface area contributed by atoms with Crippen LogP contribution in [0.3, 0.4) is 0 Å². The van der Waals surface area contributed by atoms with E-state index in [0.717, 1.165) is 21.4 Å². The van der Waals surface area contributed by atoms with E-state index in [0.29, 0.717) is 11.3 Å². The average molecular weight is 446 g/mol. The Hall–Kier alpha value is -4.40. The number of rotatable bonds is 6. The summed E-state index contributed by atoms with van der Waals surface area (Å²) in [5.74, 6) is -1.51. The zero-order valence-electron chi connectivity index (χ0n) is 18.1. The number of carbonyl (C=O) groups excluding carboxylic acids is 4. The molecule has 0 atom stereocenters. The maximum absolute atomic E-state index is 12.8. The number of anilines is 1. The van der Waals surface area contributed by atoms with Gasteiger partial charge in [-0.25, -0.2) is 9.69 Å². The number of esters is 1. The zero-order chi connectivity index (χ0) is 23.5. The molecular formula is C24H22N4O5. The van der Waals surface area contributed by atoms with Crippen molar-refractivity contribution in [2.75, 3.05) is 19.0 Å². The van der Waals surface area contributed by atoms with Gasteiger partial charge in [-0.3, -0.25) is 14.4 Å². The van der Waals surface area contributed by atoms with E-state index in [1.807, 2.05) is 43.3 Å². The highest BCUT2D eigenvalue weighted by molar-refractivity contribution is 6.16. The lowest BCUT2D eigenvalue weighted by Gasteiger charge is -2.12. The number of urea groups is 1. The molecule has 4 rings (SSSR count). The molecule has 1 aromatic heterocycles. The summed E-state index contributed by atoms with van der Waals surface area (Å²) in [7, 11) is 1.31. The number of aryl methyl sites for hydroxylation is 1. The molecule has 33 heavy (non-hydrogen) atoms. The first-order chi connectivity index (χ1) is 15.9. The fraction of sp³-hybridized carbons (Fsp3) is 0.167. The first-order valence-electron chi connectivity index (χ1n) is 10.2. The number of aromatic nitrogens is 1. The zero-order valence-corrected chi connectivity index (χ0v) is 18.1. The Bertz CT molecular complexity index is 1290. The minimum absolute atomic E-state index is 0.00575. The third kappa shape index (κ3) is 4.62. The molecule has 2 heterocycles. The molecule has 3 aromatic rings. The van der Waals surface area contributed by atoms with E-state index >= 15 is 0 Å². The third-order valence-corrected chi connectivity index (χ3v) is 5.25. The molecule has 0 aliphatic carbocycles. The molecule has 0 unspecified atom stereocenters. The molecule has 9 heteroatoms. The van der Waals surface area contributed by atoms with Crippen LogP contribution in [0, 0.1) is 6.92 Å². The molecule has 0 saturated carbocycles. The van der Waals surface area contributed by atoms with Gasteiger partial charge in [0.2, 0.25) is 5.91 Å². The topological polar surface area (TPSA) is 110 Å². The number of imide groups is 1. The Labute approximate surface area is 189 Å². The summed E-state index contributed by atoms with van der Waals surface area (Å²) in [4.78, 5) is 50.2. The Kier molecular flexibility index (Phi) is 5.95. The van der Waals surface area contributed by atoms with Crippen LogP contribution in [-0.2, 0) is 25.7 Å². The molecule has 1 saturated heterocycles. The van der Waals surface area contributed by atoms with E-state index < -0.39 is 30.4 Å². The summed E-state index contributed by atoms with van der Waals surface area (Å²) in [6.07, 6.45) is 3.25. The summed E-state index contributed by atoms with van der Waals surface area (Å²) in [6, 6.07) is 13.9. The smallest absolute Gasteiger partial charge is 0.329 e. The second-order valence-electron chi connectivity index (χ2n) is 7.60. The number of amides is 4. The van der Waals surface area contributed by atoms with Crippen molar-refractivity contribution in [3.63, 3.8) is 0 Å². The molecule has 0 bridgehead atoms. The van der Waals surface area contributed by atoms with Crippen LogP contribution in [0.25, 0.3) is 17.0 Å². The number of nitrogens with one attached hydrogen (secondary N) is 2. The fourth-order valence-electron chi connectivity index (χ4n) is 3.58. The van der Waals surface area contributed by atoms with Crippen LogP contribution in [0.4, 0.5) is 10.5 Å². The van der Waals surface area contributed by atoms with Gasteiger partial charge in [0.1, 0.15) is 18.8 Å². The van der Waals surface area contributed by atoms with Crippen molar-refractivity contribution in [2.24, 2.45) is 0 Å². The van der Waals surface area contributed by atoms with Gasteiger partial charge in [0.05, 0.1) is 7.11 Å². The van der Waals surface area contributed by atoms with Gasteiger partial charge in [-0.1, -0.05) is 35.9 Å². The minimum Gasteiger partial charge on any atom is -0.468 e. The van der Waals surface area contributed by atoms with E-state index in [-0.39, 0.29) is 12.2 Å². The van der Waals surface area contributed by atoms with Crippen LogP contribution in [-0.4, -0.2) is 46.9 Å². The van der Waals surface area contributed by atoms with Gasteiger partial charge in [0.25, 0.3) is 5.91 Å². The molecule has 9 nitrogen and oxygen atoms in total. The molecule has 0 radical (unpaired) electrons. The lowest BCUT2D eigenvalue weighted by molar-refractivity contribution is -0.141. The maximum atomic E-state index is 12.8. The number of hydrogen-bond donors (Lipinski definition) is 2. The number of carbonyl (C=O) groups is 4. The lowest BCUT2D eigenvalue weighted by Crippen LogP contribution is -2.38. The van der Waals surface area contributed by atoms with E-state index in [9.17, 15) is 19.2 Å². The van der Waals surface area contributed by atoms with Gasteiger partial charge >= 0.3 is 12.0 Å². The van der Waals surface area contributed by atoms with Gasteiger partial charge in [0, 0.05) is 28.4 Å². The Morgan fingerprint density at radius 1 is 1.06 bits per heavy atom. The quantitative estimate of drug-likeness (QED) is 0.344. The van der Waals surface area contributed by atoms with Gasteiger partial charge in [0.15, 0.2) is 0 Å². The Morgan fingerprint density at radius 3 is 2.52 bits per heavy atom. The lowest BCUT2D eigenvalue weighted by atomic mass is 10.1. The van der Waals surface area contributed by atoms with E-state index in [2.05, 4.69) is 10.6 Å². The van der Waals surface area contributed by atoms with Crippen LogP contribution in [0.5, 0.6) is 0 Å². The summed E-state index contributed by atoms with van der Waals surface area (Å²) >= 11 is 0. The van der Waals surface area contributed by atoms with Crippen molar-refractivity contribution in [2.45, 2.75) is 13.5 Å². The third-order valence-electron chi connectivity index (χ3n) is 5.25. The van der Waals surface area contributed by atoms with Crippen molar-refractivity contribution >= 4 is 46.5 Å². The highest BCUT2D eigenvalue weighted by Crippen LogP contribution is 2.25. The highest BCUT2D eigenvalue weighted by Gasteiger charge is 2.35. The summed E-state index contributed by atoms with van der Waals surface area (Å²) in [5, 5.41) is 5.99. The molecule has 1 aliphatic rings. The van der Waals surface area contributed by atoms with Crippen molar-refractivity contribution in [1.82, 2.24) is 14.8 Å². The Morgan fingerprint density at radius 2 is 1.79 bits per heavy atom. The minimum atomic E-state index is -0.677. The maximum Gasteiger partial charge on any atom is 0.329 e. The van der Waals surface area contributed by atoms with Crippen LogP contribution in [0.15, 0.2) is 60.4 Å². The molecule has 4 amide bonds. The standard InChI is InChI=1S/C24H22N4O5/c1-15-7-9-17(10-8-15)25-21(29)13-28-23(31)19(26-24(28)32)11-16-12-27(14-22(30)33-2)20-6-4-3-5-18(16)20/h3-12H,13-14H2,1-2H3,(H,25,29)(H,26,32). The second-order valence-corrected chi connectivity index (χ2v) is 7.60. The van der Waals surface area contributed by atoms with E-state index in [1.54, 1.807) is 22.9 Å². The second kappa shape index (κ2) is 8.99. The van der Waals surface area contributed by atoms with Crippen LogP contribution < -0.4 is 10.6 Å². The van der Waals surface area contributed by atoms with Crippen molar-refractivity contribution < 1.29 is 23.9 Å². The molecule has 1 aliphatic heterocycles. The monoisotopic (exact) mass is 446 g/mol. The number of fused-ring (bicyclic) bond motifs is 1. The van der Waals surface area contributed by atoms with Gasteiger partial charge < -0.3 is 19.9 Å². The normalized spacial score (nSPS) is 14.6. The summed E-state index contributed by atoms with van der Waals surface area (Å²) in [5.41, 5.74) is 3.09. The molecule has 2 aromatic carbocycles. The highest BCUT2D eigenvalue weighted by atomic mass is 16.5. The number of para-hydroxylation sites is 1. The number of hydrogen-bond acceptors (Lipinski definition) is 5. The first-order valence-corrected chi connectivity index (χ1v) is 10.2. The number of benzene rings is 2. The largest absolute Gasteiger partial charge is 0.468 e. The van der Waals surface area contributed by atoms with Gasteiger partial charge in [-0.2, -0.15) is 0 Å². The fourth-order valence-corrected chi connectivity index (χ4v) is 3.58. The van der Waals surface area contributed by atoms with E-state index in [4.69, 9.17) is 4.74 Å². The van der Waals surface area contributed by atoms with E-state index in [1.165, 1.54) is 13.2 Å². The summed E-state index contributed by atoms with van der Waals surface area (Å²) < 4.78 is 6.46. The van der Waals surface area contributed by atoms with Crippen molar-refractivity contribution in [1.29, 1.82) is 0 Å². The van der Waals surface area contributed by atoms with Crippen molar-refractivity contribution in [3.8, 4) is 0 Å². The van der Waals surface area contributed by atoms with Crippen molar-refractivity contribution in [3.05, 3.63) is 71.6 Å². The van der Waals surface area contributed by atoms with Crippen LogP contribution >= 0.6 is 0 Å². The molecule has 2 N–H and O–H groups in total. The van der Waals surface area contributed by atoms with Gasteiger partial charge in [-0.15, -0.1) is 0 Å². The van der Waals surface area contributed by atoms with Crippen LogP contribution in [0.1, 0.15) is 11.1 Å². The Balaban J connectivity index is 1.54. The van der Waals surface area contributed by atoms with Crippen LogP contribution in [0.2, 0.25) is 0 Å². The number of ether oxygens (including phenoxy) is 1. The first kappa shape index (κ1) is 21.8. The molecular weight excluding hydrogens is 424 g/mol. The van der Waals surface area contributed by atoms with Gasteiger partial charge in [-0.05, 0) is 31.2 Å². The molecule has 1 fully saturated rings.